The molecule has 4 nitrogen and oxygen atoms in total. The van der Waals surface area contributed by atoms with E-state index >= 15 is 0 Å². The van der Waals surface area contributed by atoms with Crippen LogP contribution in [0.2, 0.25) is 0 Å². The van der Waals surface area contributed by atoms with Gasteiger partial charge in [-0.3, -0.25) is 9.59 Å². The predicted octanol–water partition coefficient (Wildman–Crippen LogP) is 2.40. The number of allylic oxidation sites excluding steroid dienone is 4. The van der Waals surface area contributed by atoms with Crippen LogP contribution < -0.4 is 0 Å². The average Bonchev–Trinajstić information content (AvgIpc) is 2.76. The average molecular weight is 252 g/mol. The number of rotatable bonds is 5. The third-order valence-corrected chi connectivity index (χ3v) is 2.93. The van der Waals surface area contributed by atoms with E-state index in [1.165, 1.54) is 0 Å². The molecular weight excluding hydrogens is 232 g/mol. The zero-order valence-corrected chi connectivity index (χ0v) is 11.2. The summed E-state index contributed by atoms with van der Waals surface area (Å²) in [5.41, 5.74) is -0.209. The van der Waals surface area contributed by atoms with Crippen LogP contribution in [0.1, 0.15) is 33.6 Å². The summed E-state index contributed by atoms with van der Waals surface area (Å²) in [6, 6.07) is 0. The van der Waals surface area contributed by atoms with Gasteiger partial charge in [-0.25, -0.2) is 0 Å². The molecular formula is C14H20O4. The lowest BCUT2D eigenvalue weighted by molar-refractivity contribution is -0.171. The molecule has 100 valence electrons. The van der Waals surface area contributed by atoms with Crippen LogP contribution in [0, 0.1) is 5.41 Å². The topological polar surface area (TPSA) is 52.6 Å². The monoisotopic (exact) mass is 252 g/mol. The molecule has 0 fully saturated rings. The van der Waals surface area contributed by atoms with Gasteiger partial charge in [0.25, 0.3) is 0 Å². The summed E-state index contributed by atoms with van der Waals surface area (Å²) in [6.07, 6.45) is 6.39. The largest absolute Gasteiger partial charge is 0.465 e. The molecule has 0 amide bonds. The Kier molecular flexibility index (Phi) is 5.13. The minimum Gasteiger partial charge on any atom is -0.465 e. The molecule has 0 bridgehead atoms. The van der Waals surface area contributed by atoms with Gasteiger partial charge in [-0.2, -0.15) is 0 Å². The fraction of sp³-hybridized carbons (Fsp3) is 0.571. The Morgan fingerprint density at radius 1 is 1.28 bits per heavy atom. The first kappa shape index (κ1) is 14.5. The van der Waals surface area contributed by atoms with Gasteiger partial charge in [0.15, 0.2) is 5.41 Å². The predicted molar refractivity (Wildman–Crippen MR) is 67.8 cm³/mol. The first-order chi connectivity index (χ1) is 8.60. The molecule has 1 aliphatic carbocycles. The Morgan fingerprint density at radius 2 is 1.83 bits per heavy atom. The fourth-order valence-corrected chi connectivity index (χ4v) is 2.07. The van der Waals surface area contributed by atoms with Gasteiger partial charge in [0.2, 0.25) is 0 Å². The van der Waals surface area contributed by atoms with Crippen molar-refractivity contribution in [1.29, 1.82) is 0 Å². The van der Waals surface area contributed by atoms with Crippen molar-refractivity contribution in [3.63, 3.8) is 0 Å². The number of esters is 2. The summed E-state index contributed by atoms with van der Waals surface area (Å²) in [6.45, 7) is 5.88. The van der Waals surface area contributed by atoms with Crippen molar-refractivity contribution in [2.24, 2.45) is 5.41 Å². The molecule has 0 saturated carbocycles. The van der Waals surface area contributed by atoms with E-state index in [9.17, 15) is 9.59 Å². The molecule has 0 spiro atoms. The summed E-state index contributed by atoms with van der Waals surface area (Å²) in [4.78, 5) is 24.1. The van der Waals surface area contributed by atoms with Gasteiger partial charge in [0, 0.05) is 0 Å². The smallest absolute Gasteiger partial charge is 0.324 e. The molecule has 0 heterocycles. The first-order valence-corrected chi connectivity index (χ1v) is 6.27. The van der Waals surface area contributed by atoms with E-state index in [1.54, 1.807) is 13.8 Å². The maximum Gasteiger partial charge on any atom is 0.324 e. The molecule has 0 aromatic heterocycles. The summed E-state index contributed by atoms with van der Waals surface area (Å²) >= 11 is 0. The van der Waals surface area contributed by atoms with Crippen LogP contribution in [0.5, 0.6) is 0 Å². The number of hydrogen-bond donors (Lipinski definition) is 0. The lowest BCUT2D eigenvalue weighted by Crippen LogP contribution is -2.40. The second-order valence-electron chi connectivity index (χ2n) is 4.18. The van der Waals surface area contributed by atoms with E-state index in [-0.39, 0.29) is 13.2 Å². The lowest BCUT2D eigenvalue weighted by Gasteiger charge is -2.24. The van der Waals surface area contributed by atoms with Crippen molar-refractivity contribution in [3.8, 4) is 0 Å². The third-order valence-electron chi connectivity index (χ3n) is 2.93. The standard InChI is InChI=1S/C14H20O4/c1-4-7-11-8-9-14(10-11,12(15)17-5-2)13(16)18-6-3/h4,7-8H,5-6,9-10H2,1-3H3/b7-4-. The molecule has 0 saturated heterocycles. The zero-order valence-electron chi connectivity index (χ0n) is 11.2. The van der Waals surface area contributed by atoms with E-state index in [4.69, 9.17) is 9.47 Å². The minimum absolute atomic E-state index is 0.263. The molecule has 1 rings (SSSR count). The van der Waals surface area contributed by atoms with Gasteiger partial charge in [-0.05, 0) is 33.6 Å². The summed E-state index contributed by atoms with van der Waals surface area (Å²) in [5, 5.41) is 0. The SMILES string of the molecule is C/C=C\C1=CCC(C(=O)OCC)(C(=O)OCC)C1. The zero-order chi connectivity index (χ0) is 13.6. The minimum atomic E-state index is -1.18. The Bertz CT molecular complexity index is 361. The Balaban J connectivity index is 2.92. The quantitative estimate of drug-likeness (QED) is 0.557. The maximum absolute atomic E-state index is 12.1. The third kappa shape index (κ3) is 2.81. The molecule has 0 aliphatic heterocycles. The van der Waals surface area contributed by atoms with E-state index in [1.807, 2.05) is 25.2 Å². The van der Waals surface area contributed by atoms with Crippen LogP contribution in [0.25, 0.3) is 0 Å². The molecule has 0 N–H and O–H groups in total. The molecule has 0 atom stereocenters. The molecule has 0 aromatic carbocycles. The summed E-state index contributed by atoms with van der Waals surface area (Å²) < 4.78 is 10.1. The molecule has 1 aliphatic rings. The van der Waals surface area contributed by atoms with Gasteiger partial charge in [0.1, 0.15) is 0 Å². The normalized spacial score (nSPS) is 17.6. The summed E-state index contributed by atoms with van der Waals surface area (Å²) in [7, 11) is 0. The van der Waals surface area contributed by atoms with Crippen LogP contribution in [0.3, 0.4) is 0 Å². The molecule has 0 unspecified atom stereocenters. The number of carbonyl (C=O) groups excluding carboxylic acids is 2. The van der Waals surface area contributed by atoms with Gasteiger partial charge < -0.3 is 9.47 Å². The highest BCUT2D eigenvalue weighted by atomic mass is 16.6. The maximum atomic E-state index is 12.1. The van der Waals surface area contributed by atoms with Crippen molar-refractivity contribution < 1.29 is 19.1 Å². The van der Waals surface area contributed by atoms with E-state index in [0.717, 1.165) is 5.57 Å². The van der Waals surface area contributed by atoms with Crippen molar-refractivity contribution in [2.75, 3.05) is 13.2 Å². The van der Waals surface area contributed by atoms with Crippen molar-refractivity contribution in [3.05, 3.63) is 23.8 Å². The van der Waals surface area contributed by atoms with E-state index in [2.05, 4.69) is 0 Å². The van der Waals surface area contributed by atoms with Crippen molar-refractivity contribution in [1.82, 2.24) is 0 Å². The number of hydrogen-bond acceptors (Lipinski definition) is 4. The number of carbonyl (C=O) groups is 2. The van der Waals surface area contributed by atoms with Gasteiger partial charge in [-0.15, -0.1) is 0 Å². The fourth-order valence-electron chi connectivity index (χ4n) is 2.07. The van der Waals surface area contributed by atoms with E-state index < -0.39 is 17.4 Å². The van der Waals surface area contributed by atoms with Crippen molar-refractivity contribution in [2.45, 2.75) is 33.6 Å². The van der Waals surface area contributed by atoms with Crippen LogP contribution in [0.15, 0.2) is 23.8 Å². The highest BCUT2D eigenvalue weighted by Crippen LogP contribution is 2.40. The molecule has 18 heavy (non-hydrogen) atoms. The van der Waals surface area contributed by atoms with Gasteiger partial charge in [-0.1, -0.05) is 23.8 Å². The highest BCUT2D eigenvalue weighted by molar-refractivity contribution is 6.01. The lowest BCUT2D eigenvalue weighted by atomic mass is 9.84. The molecule has 0 aromatic rings. The van der Waals surface area contributed by atoms with Crippen LogP contribution in [-0.2, 0) is 19.1 Å². The second-order valence-corrected chi connectivity index (χ2v) is 4.18. The van der Waals surface area contributed by atoms with Crippen LogP contribution in [0.4, 0.5) is 0 Å². The Labute approximate surface area is 108 Å². The Hall–Kier alpha value is -1.58. The van der Waals surface area contributed by atoms with E-state index in [0.29, 0.717) is 12.8 Å². The molecule has 0 radical (unpaired) electrons. The summed E-state index contributed by atoms with van der Waals surface area (Å²) in [5.74, 6) is -0.974. The second kappa shape index (κ2) is 6.38. The van der Waals surface area contributed by atoms with Crippen molar-refractivity contribution >= 4 is 11.9 Å². The highest BCUT2D eigenvalue weighted by Gasteiger charge is 2.50. The molecule has 4 heteroatoms. The first-order valence-electron chi connectivity index (χ1n) is 6.27. The van der Waals surface area contributed by atoms with Gasteiger partial charge >= 0.3 is 11.9 Å². The number of ether oxygens (including phenoxy) is 2. The van der Waals surface area contributed by atoms with Gasteiger partial charge in [0.05, 0.1) is 13.2 Å². The van der Waals surface area contributed by atoms with Crippen LogP contribution >= 0.6 is 0 Å². The van der Waals surface area contributed by atoms with Crippen LogP contribution in [-0.4, -0.2) is 25.2 Å². The Morgan fingerprint density at radius 3 is 2.28 bits per heavy atom.